The van der Waals surface area contributed by atoms with Crippen LogP contribution in [0.2, 0.25) is 0 Å². The Balaban J connectivity index is 2.43. The van der Waals surface area contributed by atoms with Crippen molar-refractivity contribution in [3.05, 3.63) is 46.0 Å². The number of primary amides is 1. The molecule has 0 saturated carbocycles. The Bertz CT molecular complexity index is 1110. The van der Waals surface area contributed by atoms with Crippen LogP contribution in [0.15, 0.2) is 23.2 Å². The number of hydrogen-bond acceptors (Lipinski definition) is 6. The van der Waals surface area contributed by atoms with Crippen molar-refractivity contribution in [1.82, 2.24) is 5.32 Å². The molecule has 10 heteroatoms. The summed E-state index contributed by atoms with van der Waals surface area (Å²) in [6.45, 7) is 2.68. The van der Waals surface area contributed by atoms with Crippen LogP contribution in [0.5, 0.6) is 0 Å². The third-order valence-corrected chi connectivity index (χ3v) is 4.47. The molecule has 2 aromatic carbocycles. The van der Waals surface area contributed by atoms with Crippen LogP contribution >= 0.6 is 0 Å². The van der Waals surface area contributed by atoms with Crippen LogP contribution in [0.1, 0.15) is 53.9 Å². The zero-order valence-corrected chi connectivity index (χ0v) is 15.4. The van der Waals surface area contributed by atoms with Gasteiger partial charge < -0.3 is 21.3 Å². The number of nitrogens with two attached hydrogens (primary N) is 2. The van der Waals surface area contributed by atoms with Crippen molar-refractivity contribution in [3.63, 3.8) is 0 Å². The Hall–Kier alpha value is -3.79. The SMILES string of the molecule is CCOCCN=C(N)c1c(C(=O)O)cc2c3c(ccc(C(N)=O)c13)C(=O)NC2=O. The predicted molar refractivity (Wildman–Crippen MR) is 103 cm³/mol. The van der Waals surface area contributed by atoms with Gasteiger partial charge in [-0.3, -0.25) is 24.7 Å². The van der Waals surface area contributed by atoms with E-state index in [1.807, 2.05) is 6.92 Å². The van der Waals surface area contributed by atoms with E-state index in [1.165, 1.54) is 12.1 Å². The summed E-state index contributed by atoms with van der Waals surface area (Å²) in [4.78, 5) is 52.7. The monoisotopic (exact) mass is 398 g/mol. The van der Waals surface area contributed by atoms with Crippen molar-refractivity contribution in [2.45, 2.75) is 6.92 Å². The maximum atomic E-state index is 12.3. The fourth-order valence-corrected chi connectivity index (χ4v) is 3.27. The van der Waals surface area contributed by atoms with E-state index in [9.17, 15) is 24.3 Å². The molecule has 1 aliphatic heterocycles. The molecular formula is C19H18N4O6. The van der Waals surface area contributed by atoms with E-state index in [0.717, 1.165) is 6.07 Å². The highest BCUT2D eigenvalue weighted by Crippen LogP contribution is 2.34. The van der Waals surface area contributed by atoms with Crippen molar-refractivity contribution >= 4 is 40.3 Å². The van der Waals surface area contributed by atoms with Gasteiger partial charge in [-0.2, -0.15) is 0 Å². The van der Waals surface area contributed by atoms with Crippen LogP contribution in [0.3, 0.4) is 0 Å². The van der Waals surface area contributed by atoms with E-state index < -0.39 is 23.7 Å². The fourth-order valence-electron chi connectivity index (χ4n) is 3.27. The fraction of sp³-hybridized carbons (Fsp3) is 0.211. The highest BCUT2D eigenvalue weighted by Gasteiger charge is 2.32. The molecule has 6 N–H and O–H groups in total. The van der Waals surface area contributed by atoms with E-state index in [-0.39, 0.29) is 57.6 Å². The maximum Gasteiger partial charge on any atom is 0.336 e. The Morgan fingerprint density at radius 1 is 1.10 bits per heavy atom. The molecule has 1 heterocycles. The van der Waals surface area contributed by atoms with Crippen molar-refractivity contribution in [1.29, 1.82) is 0 Å². The van der Waals surface area contributed by atoms with Gasteiger partial charge in [0, 0.05) is 39.6 Å². The molecule has 0 aliphatic carbocycles. The van der Waals surface area contributed by atoms with Gasteiger partial charge in [-0.1, -0.05) is 0 Å². The van der Waals surface area contributed by atoms with Gasteiger partial charge in [0.2, 0.25) is 5.91 Å². The number of benzene rings is 2. The first kappa shape index (κ1) is 20.0. The summed E-state index contributed by atoms with van der Waals surface area (Å²) >= 11 is 0. The maximum absolute atomic E-state index is 12.3. The summed E-state index contributed by atoms with van der Waals surface area (Å²) < 4.78 is 5.19. The molecule has 0 bridgehead atoms. The molecule has 2 aromatic rings. The van der Waals surface area contributed by atoms with Crippen molar-refractivity contribution in [2.24, 2.45) is 16.5 Å². The summed E-state index contributed by atoms with van der Waals surface area (Å²) in [6, 6.07) is 3.75. The van der Waals surface area contributed by atoms with Gasteiger partial charge in [-0.05, 0) is 25.1 Å². The molecule has 29 heavy (non-hydrogen) atoms. The number of imide groups is 1. The second kappa shape index (κ2) is 7.68. The highest BCUT2D eigenvalue weighted by atomic mass is 16.5. The number of aliphatic imine (C=N–C) groups is 1. The molecule has 3 rings (SSSR count). The number of carboxylic acids is 1. The number of carbonyl (C=O) groups excluding carboxylic acids is 3. The Labute approximate surface area is 164 Å². The summed E-state index contributed by atoms with van der Waals surface area (Å²) in [5.74, 6) is -3.88. The Morgan fingerprint density at radius 2 is 1.79 bits per heavy atom. The molecule has 150 valence electrons. The smallest absolute Gasteiger partial charge is 0.336 e. The summed E-state index contributed by atoms with van der Waals surface area (Å²) in [5.41, 5.74) is 11.1. The molecule has 3 amide bonds. The number of nitrogens with zero attached hydrogens (tertiary/aromatic N) is 1. The van der Waals surface area contributed by atoms with E-state index >= 15 is 0 Å². The number of amides is 3. The number of carboxylic acid groups (broad SMARTS) is 1. The van der Waals surface area contributed by atoms with Crippen LogP contribution in [-0.2, 0) is 4.74 Å². The summed E-state index contributed by atoms with van der Waals surface area (Å²) in [6.07, 6.45) is 0. The van der Waals surface area contributed by atoms with E-state index in [4.69, 9.17) is 16.2 Å². The van der Waals surface area contributed by atoms with Crippen LogP contribution in [0.25, 0.3) is 10.8 Å². The minimum atomic E-state index is -1.38. The number of nitrogens with one attached hydrogen (secondary N) is 1. The number of aromatic carboxylic acids is 1. The number of rotatable bonds is 7. The lowest BCUT2D eigenvalue weighted by atomic mass is 9.86. The van der Waals surface area contributed by atoms with Crippen LogP contribution in [0.4, 0.5) is 0 Å². The Kier molecular flexibility index (Phi) is 5.29. The molecule has 0 atom stereocenters. The minimum absolute atomic E-state index is 0.00533. The predicted octanol–water partition coefficient (Wildman–Crippen LogP) is 0.262. The second-order valence-corrected chi connectivity index (χ2v) is 6.17. The number of carbonyl (C=O) groups is 4. The highest BCUT2D eigenvalue weighted by molar-refractivity contribution is 6.32. The van der Waals surface area contributed by atoms with Crippen molar-refractivity contribution in [3.8, 4) is 0 Å². The van der Waals surface area contributed by atoms with Gasteiger partial charge in [0.15, 0.2) is 0 Å². The van der Waals surface area contributed by atoms with E-state index in [0.29, 0.717) is 6.61 Å². The molecule has 0 saturated heterocycles. The van der Waals surface area contributed by atoms with Gasteiger partial charge in [0.25, 0.3) is 11.8 Å². The molecule has 1 aliphatic rings. The quantitative estimate of drug-likeness (QED) is 0.224. The van der Waals surface area contributed by atoms with E-state index in [1.54, 1.807) is 0 Å². The molecule has 0 unspecified atom stereocenters. The second-order valence-electron chi connectivity index (χ2n) is 6.17. The lowest BCUT2D eigenvalue weighted by molar-refractivity contribution is 0.0696. The largest absolute Gasteiger partial charge is 0.478 e. The minimum Gasteiger partial charge on any atom is -0.478 e. The van der Waals surface area contributed by atoms with Crippen LogP contribution in [0, 0.1) is 0 Å². The molecule has 0 aromatic heterocycles. The van der Waals surface area contributed by atoms with Crippen LogP contribution in [-0.4, -0.2) is 54.4 Å². The average Bonchev–Trinajstić information content (AvgIpc) is 2.67. The van der Waals surface area contributed by atoms with Gasteiger partial charge in [0.05, 0.1) is 18.7 Å². The molecule has 0 radical (unpaired) electrons. The molecule has 0 spiro atoms. The van der Waals surface area contributed by atoms with Crippen molar-refractivity contribution in [2.75, 3.05) is 19.8 Å². The molecular weight excluding hydrogens is 380 g/mol. The average molecular weight is 398 g/mol. The normalized spacial score (nSPS) is 13.5. The number of amidine groups is 1. The lowest BCUT2D eigenvalue weighted by Crippen LogP contribution is -2.36. The third kappa shape index (κ3) is 3.41. The first-order valence-corrected chi connectivity index (χ1v) is 8.68. The zero-order chi connectivity index (χ0) is 21.3. The lowest BCUT2D eigenvalue weighted by Gasteiger charge is -2.21. The van der Waals surface area contributed by atoms with Gasteiger partial charge in [0.1, 0.15) is 5.84 Å². The Morgan fingerprint density at radius 3 is 2.41 bits per heavy atom. The van der Waals surface area contributed by atoms with Gasteiger partial charge in [-0.15, -0.1) is 0 Å². The number of hydrogen-bond donors (Lipinski definition) is 4. The van der Waals surface area contributed by atoms with E-state index in [2.05, 4.69) is 10.3 Å². The topological polar surface area (TPSA) is 174 Å². The first-order valence-electron chi connectivity index (χ1n) is 8.68. The zero-order valence-electron chi connectivity index (χ0n) is 15.4. The first-order chi connectivity index (χ1) is 13.8. The van der Waals surface area contributed by atoms with Crippen LogP contribution < -0.4 is 16.8 Å². The third-order valence-electron chi connectivity index (χ3n) is 4.47. The van der Waals surface area contributed by atoms with Gasteiger partial charge >= 0.3 is 5.97 Å². The van der Waals surface area contributed by atoms with Crippen molar-refractivity contribution < 1.29 is 29.0 Å². The van der Waals surface area contributed by atoms with Gasteiger partial charge in [-0.25, -0.2) is 4.79 Å². The molecule has 0 fully saturated rings. The summed E-state index contributed by atoms with van der Waals surface area (Å²) in [5, 5.41) is 12.0. The summed E-state index contributed by atoms with van der Waals surface area (Å²) in [7, 11) is 0. The standard InChI is InChI=1S/C19H18N4O6/c1-2-29-6-5-22-15(20)14-11(19(27)28)7-10-12-9(17(25)23-18(10)26)4-3-8(13(12)14)16(21)24/h3-4,7H,2,5-6H2,1H3,(H2,20,22)(H2,21,24)(H,27,28)(H,23,25,26). The number of ether oxygens (including phenoxy) is 1. The molecule has 10 nitrogen and oxygen atoms in total.